The summed E-state index contributed by atoms with van der Waals surface area (Å²) in [6.45, 7) is 0.846. The first-order valence-electron chi connectivity index (χ1n) is 9.34. The van der Waals surface area contributed by atoms with E-state index in [4.69, 9.17) is 4.74 Å². The predicted octanol–water partition coefficient (Wildman–Crippen LogP) is 5.66. The van der Waals surface area contributed by atoms with Crippen LogP contribution < -0.4 is 0 Å². The number of carbonyl (C=O) groups excluding carboxylic acids is 1. The van der Waals surface area contributed by atoms with Crippen LogP contribution in [0.15, 0.2) is 90.0 Å². The van der Waals surface area contributed by atoms with Gasteiger partial charge in [0.25, 0.3) is 0 Å². The Labute approximate surface area is 173 Å². The van der Waals surface area contributed by atoms with Gasteiger partial charge in [-0.25, -0.2) is 4.39 Å². The lowest BCUT2D eigenvalue weighted by Gasteiger charge is -2.05. The van der Waals surface area contributed by atoms with E-state index in [1.807, 2.05) is 66.9 Å². The Morgan fingerprint density at radius 1 is 0.931 bits per heavy atom. The Balaban J connectivity index is 1.45. The number of esters is 1. The molecule has 0 aliphatic carbocycles. The third-order valence-corrected chi connectivity index (χ3v) is 5.60. The van der Waals surface area contributed by atoms with Crippen molar-refractivity contribution in [1.82, 2.24) is 4.57 Å². The van der Waals surface area contributed by atoms with Crippen LogP contribution in [0, 0.1) is 5.82 Å². The Hall–Kier alpha value is -3.05. The van der Waals surface area contributed by atoms with Crippen molar-refractivity contribution in [3.8, 4) is 0 Å². The molecule has 3 aromatic carbocycles. The second-order valence-corrected chi connectivity index (χ2v) is 7.72. The molecule has 3 nitrogen and oxygen atoms in total. The first kappa shape index (κ1) is 19.3. The summed E-state index contributed by atoms with van der Waals surface area (Å²) in [6.07, 6.45) is 2.02. The van der Waals surface area contributed by atoms with E-state index in [1.54, 1.807) is 12.1 Å². The zero-order valence-electron chi connectivity index (χ0n) is 15.8. The summed E-state index contributed by atoms with van der Waals surface area (Å²) in [6, 6.07) is 24.3. The lowest BCUT2D eigenvalue weighted by atomic mass is 10.2. The number of fused-ring (bicyclic) bond motifs is 1. The molecule has 1 aromatic heterocycles. The molecular weight excluding hydrogens is 385 g/mol. The van der Waals surface area contributed by atoms with Gasteiger partial charge in [-0.05, 0) is 29.3 Å². The molecule has 0 saturated heterocycles. The number of para-hydroxylation sites is 1. The number of benzene rings is 3. The van der Waals surface area contributed by atoms with Gasteiger partial charge in [-0.2, -0.15) is 0 Å². The molecule has 4 aromatic rings. The van der Waals surface area contributed by atoms with Crippen molar-refractivity contribution in [3.63, 3.8) is 0 Å². The highest BCUT2D eigenvalue weighted by atomic mass is 32.2. The number of ether oxygens (including phenoxy) is 1. The van der Waals surface area contributed by atoms with Crippen LogP contribution >= 0.6 is 11.8 Å². The number of carbonyl (C=O) groups is 1. The molecule has 0 saturated carbocycles. The maximum Gasteiger partial charge on any atom is 0.316 e. The van der Waals surface area contributed by atoms with Crippen LogP contribution in [0.4, 0.5) is 4.39 Å². The van der Waals surface area contributed by atoms with Crippen molar-refractivity contribution in [2.45, 2.75) is 18.0 Å². The number of thioether (sulfide) groups is 1. The Kier molecular flexibility index (Phi) is 5.96. The molecule has 0 aliphatic heterocycles. The van der Waals surface area contributed by atoms with Crippen LogP contribution in [-0.4, -0.2) is 16.3 Å². The number of hydrogen-bond donors (Lipinski definition) is 0. The summed E-state index contributed by atoms with van der Waals surface area (Å²) < 4.78 is 21.0. The van der Waals surface area contributed by atoms with Crippen molar-refractivity contribution in [3.05, 3.63) is 102 Å². The van der Waals surface area contributed by atoms with E-state index < -0.39 is 0 Å². The highest BCUT2D eigenvalue weighted by molar-refractivity contribution is 8.00. The fraction of sp³-hybridized carbons (Fsp3) is 0.125. The minimum absolute atomic E-state index is 0.237. The largest absolute Gasteiger partial charge is 0.460 e. The van der Waals surface area contributed by atoms with Crippen molar-refractivity contribution < 1.29 is 13.9 Å². The second-order valence-electron chi connectivity index (χ2n) is 6.70. The zero-order chi connectivity index (χ0) is 20.1. The molecule has 0 amide bonds. The van der Waals surface area contributed by atoms with Gasteiger partial charge in [-0.3, -0.25) is 4.79 Å². The molecule has 146 valence electrons. The molecule has 0 fully saturated rings. The van der Waals surface area contributed by atoms with E-state index in [0.717, 1.165) is 26.9 Å². The molecule has 1 heterocycles. The molecule has 0 N–H and O–H groups in total. The van der Waals surface area contributed by atoms with E-state index in [-0.39, 0.29) is 24.1 Å². The van der Waals surface area contributed by atoms with Crippen molar-refractivity contribution in [1.29, 1.82) is 0 Å². The van der Waals surface area contributed by atoms with Crippen molar-refractivity contribution in [2.24, 2.45) is 0 Å². The minimum Gasteiger partial charge on any atom is -0.460 e. The second kappa shape index (κ2) is 8.97. The summed E-state index contributed by atoms with van der Waals surface area (Å²) in [5.41, 5.74) is 2.92. The average Bonchev–Trinajstić information content (AvgIpc) is 3.09. The maximum absolute atomic E-state index is 13.5. The van der Waals surface area contributed by atoms with E-state index in [2.05, 4.69) is 4.57 Å². The smallest absolute Gasteiger partial charge is 0.316 e. The summed E-state index contributed by atoms with van der Waals surface area (Å²) in [5.74, 6) is -0.253. The van der Waals surface area contributed by atoms with Gasteiger partial charge in [0.15, 0.2) is 0 Å². The highest BCUT2D eigenvalue weighted by Crippen LogP contribution is 2.30. The number of hydrogen-bond acceptors (Lipinski definition) is 3. The Morgan fingerprint density at radius 3 is 2.52 bits per heavy atom. The molecule has 4 rings (SSSR count). The fourth-order valence-electron chi connectivity index (χ4n) is 3.21. The normalized spacial score (nSPS) is 10.9. The first-order valence-corrected chi connectivity index (χ1v) is 10.3. The molecule has 29 heavy (non-hydrogen) atoms. The van der Waals surface area contributed by atoms with E-state index in [9.17, 15) is 9.18 Å². The lowest BCUT2D eigenvalue weighted by molar-refractivity contribution is -0.141. The summed E-state index contributed by atoms with van der Waals surface area (Å²) in [7, 11) is 0. The number of halogens is 1. The van der Waals surface area contributed by atoms with Gasteiger partial charge in [0.05, 0.1) is 5.75 Å². The Morgan fingerprint density at radius 2 is 1.69 bits per heavy atom. The number of rotatable bonds is 7. The van der Waals surface area contributed by atoms with Crippen LogP contribution in [0.1, 0.15) is 11.1 Å². The van der Waals surface area contributed by atoms with Crippen LogP contribution in [0.5, 0.6) is 0 Å². The third kappa shape index (κ3) is 4.87. The van der Waals surface area contributed by atoms with Crippen molar-refractivity contribution in [2.75, 3.05) is 5.75 Å². The van der Waals surface area contributed by atoms with E-state index >= 15 is 0 Å². The monoisotopic (exact) mass is 405 g/mol. The lowest BCUT2D eigenvalue weighted by Crippen LogP contribution is -2.07. The number of nitrogens with zero attached hydrogens (tertiary/aromatic N) is 1. The minimum atomic E-state index is -0.249. The molecular formula is C24H20FNO2S. The zero-order valence-corrected chi connectivity index (χ0v) is 16.6. The standard InChI is InChI=1S/C24H20FNO2S/c25-20-10-6-9-19(13-20)14-26-15-23(21-11-4-5-12-22(21)26)29-17-24(27)28-16-18-7-2-1-3-8-18/h1-13,15H,14,16-17H2. The summed E-state index contributed by atoms with van der Waals surface area (Å²) in [4.78, 5) is 13.2. The summed E-state index contributed by atoms with van der Waals surface area (Å²) in [5, 5.41) is 1.07. The van der Waals surface area contributed by atoms with Crippen LogP contribution in [-0.2, 0) is 22.7 Å². The van der Waals surface area contributed by atoms with Gasteiger partial charge in [-0.1, -0.05) is 60.7 Å². The predicted molar refractivity (Wildman–Crippen MR) is 114 cm³/mol. The average molecular weight is 405 g/mol. The van der Waals surface area contributed by atoms with Gasteiger partial charge in [0.1, 0.15) is 12.4 Å². The SMILES string of the molecule is O=C(CSc1cn(Cc2cccc(F)c2)c2ccccc12)OCc1ccccc1. The highest BCUT2D eigenvalue weighted by Gasteiger charge is 2.12. The van der Waals surface area contributed by atoms with Gasteiger partial charge >= 0.3 is 5.97 Å². The van der Waals surface area contributed by atoms with Gasteiger partial charge < -0.3 is 9.30 Å². The van der Waals surface area contributed by atoms with Crippen LogP contribution in [0.2, 0.25) is 0 Å². The molecule has 0 radical (unpaired) electrons. The topological polar surface area (TPSA) is 31.2 Å². The van der Waals surface area contributed by atoms with Crippen molar-refractivity contribution >= 4 is 28.6 Å². The summed E-state index contributed by atoms with van der Waals surface area (Å²) >= 11 is 1.46. The molecule has 0 unspecified atom stereocenters. The quantitative estimate of drug-likeness (QED) is 0.293. The first-order chi connectivity index (χ1) is 14.2. The number of aromatic nitrogens is 1. The molecule has 0 atom stereocenters. The van der Waals surface area contributed by atoms with Crippen LogP contribution in [0.3, 0.4) is 0 Å². The Bertz CT molecular complexity index is 1120. The van der Waals surface area contributed by atoms with Gasteiger partial charge in [0.2, 0.25) is 0 Å². The van der Waals surface area contributed by atoms with E-state index in [1.165, 1.54) is 17.8 Å². The fourth-order valence-corrected chi connectivity index (χ4v) is 4.09. The van der Waals surface area contributed by atoms with E-state index in [0.29, 0.717) is 6.54 Å². The van der Waals surface area contributed by atoms with Gasteiger partial charge in [0, 0.05) is 28.5 Å². The third-order valence-electron chi connectivity index (χ3n) is 4.58. The molecule has 0 aliphatic rings. The van der Waals surface area contributed by atoms with Gasteiger partial charge in [-0.15, -0.1) is 11.8 Å². The van der Waals surface area contributed by atoms with Crippen LogP contribution in [0.25, 0.3) is 10.9 Å². The molecule has 5 heteroatoms. The maximum atomic E-state index is 13.5. The molecule has 0 spiro atoms. The molecule has 0 bridgehead atoms.